The molecule has 0 bridgehead atoms. The lowest BCUT2D eigenvalue weighted by Gasteiger charge is -2.21. The highest BCUT2D eigenvalue weighted by Crippen LogP contribution is 2.36. The van der Waals surface area contributed by atoms with E-state index < -0.39 is 42.2 Å². The van der Waals surface area contributed by atoms with Gasteiger partial charge in [-0.25, -0.2) is 9.18 Å². The predicted octanol–water partition coefficient (Wildman–Crippen LogP) is 1.96. The highest BCUT2D eigenvalue weighted by Gasteiger charge is 2.50. The maximum absolute atomic E-state index is 13.5. The van der Waals surface area contributed by atoms with Crippen LogP contribution in [-0.2, 0) is 23.9 Å². The molecule has 0 unspecified atom stereocenters. The smallest absolute Gasteiger partial charge is 0.329 e. The Hall–Kier alpha value is -3.03. The van der Waals surface area contributed by atoms with E-state index in [1.165, 1.54) is 19.1 Å². The molecule has 1 fully saturated rings. The van der Waals surface area contributed by atoms with Crippen LogP contribution < -0.4 is 5.32 Å². The van der Waals surface area contributed by atoms with Gasteiger partial charge in [-0.3, -0.25) is 19.3 Å². The Labute approximate surface area is 161 Å². The minimum atomic E-state index is -1.12. The Morgan fingerprint density at radius 1 is 1.21 bits per heavy atom. The van der Waals surface area contributed by atoms with Crippen LogP contribution >= 0.6 is 0 Å². The van der Waals surface area contributed by atoms with Gasteiger partial charge < -0.3 is 10.1 Å². The first-order chi connectivity index (χ1) is 13.3. The first kappa shape index (κ1) is 19.7. The van der Waals surface area contributed by atoms with Crippen molar-refractivity contribution in [3.8, 4) is 0 Å². The number of aryl methyl sites for hydroxylation is 1. The fourth-order valence-corrected chi connectivity index (χ4v) is 3.44. The van der Waals surface area contributed by atoms with E-state index in [1.54, 1.807) is 6.92 Å². The first-order valence-corrected chi connectivity index (χ1v) is 9.04. The highest BCUT2D eigenvalue weighted by atomic mass is 19.1. The van der Waals surface area contributed by atoms with E-state index in [9.17, 15) is 23.6 Å². The average molecular weight is 388 g/mol. The van der Waals surface area contributed by atoms with Crippen molar-refractivity contribution >= 4 is 29.4 Å². The molecule has 1 aliphatic heterocycles. The summed E-state index contributed by atoms with van der Waals surface area (Å²) in [4.78, 5) is 50.1. The van der Waals surface area contributed by atoms with Crippen molar-refractivity contribution in [1.82, 2.24) is 4.90 Å². The number of esters is 1. The molecule has 28 heavy (non-hydrogen) atoms. The summed E-state index contributed by atoms with van der Waals surface area (Å²) in [6.45, 7) is 2.39. The summed E-state index contributed by atoms with van der Waals surface area (Å²) in [5, 5.41) is 2.42. The largest absolute Gasteiger partial charge is 0.454 e. The number of likely N-dealkylation sites (tertiary alicyclic amines) is 1. The maximum Gasteiger partial charge on any atom is 0.329 e. The topological polar surface area (TPSA) is 92.8 Å². The Kier molecular flexibility index (Phi) is 5.58. The second kappa shape index (κ2) is 7.92. The molecule has 3 atom stereocenters. The normalized spacial score (nSPS) is 22.0. The van der Waals surface area contributed by atoms with Gasteiger partial charge in [-0.1, -0.05) is 18.2 Å². The predicted molar refractivity (Wildman–Crippen MR) is 97.4 cm³/mol. The van der Waals surface area contributed by atoms with Crippen LogP contribution in [0.25, 0.3) is 0 Å². The van der Waals surface area contributed by atoms with E-state index >= 15 is 0 Å². The molecule has 0 saturated carbocycles. The second-order valence-corrected chi connectivity index (χ2v) is 7.00. The summed E-state index contributed by atoms with van der Waals surface area (Å²) < 4.78 is 18.5. The molecule has 8 heteroatoms. The molecule has 1 aromatic carbocycles. The number of hydrogen-bond acceptors (Lipinski definition) is 5. The van der Waals surface area contributed by atoms with Gasteiger partial charge >= 0.3 is 5.97 Å². The molecule has 3 rings (SSSR count). The molecule has 0 aromatic heterocycles. The number of carbonyl (C=O) groups excluding carboxylic acids is 4. The van der Waals surface area contributed by atoms with Crippen molar-refractivity contribution in [2.75, 3.05) is 11.9 Å². The number of rotatable bonds is 5. The van der Waals surface area contributed by atoms with E-state index in [-0.39, 0.29) is 17.5 Å². The molecule has 0 spiro atoms. The van der Waals surface area contributed by atoms with Crippen molar-refractivity contribution < 1.29 is 28.3 Å². The fraction of sp³-hybridized carbons (Fsp3) is 0.400. The summed E-state index contributed by atoms with van der Waals surface area (Å²) in [5.74, 6) is -3.61. The van der Waals surface area contributed by atoms with E-state index in [4.69, 9.17) is 4.74 Å². The zero-order valence-corrected chi connectivity index (χ0v) is 15.6. The molecule has 1 heterocycles. The van der Waals surface area contributed by atoms with Crippen LogP contribution in [0.1, 0.15) is 25.3 Å². The Morgan fingerprint density at radius 2 is 1.82 bits per heavy atom. The molecular weight excluding hydrogens is 367 g/mol. The minimum Gasteiger partial charge on any atom is -0.454 e. The molecule has 1 N–H and O–H groups in total. The summed E-state index contributed by atoms with van der Waals surface area (Å²) in [5.41, 5.74) is 0.674. The zero-order chi connectivity index (χ0) is 20.4. The van der Waals surface area contributed by atoms with E-state index in [0.717, 1.165) is 11.0 Å². The Bertz CT molecular complexity index is 840. The number of imide groups is 1. The van der Waals surface area contributed by atoms with Crippen LogP contribution in [0.15, 0.2) is 30.4 Å². The van der Waals surface area contributed by atoms with Crippen LogP contribution in [0, 0.1) is 24.6 Å². The molecule has 1 aliphatic carbocycles. The molecule has 7 nitrogen and oxygen atoms in total. The first-order valence-electron chi connectivity index (χ1n) is 9.04. The van der Waals surface area contributed by atoms with Crippen LogP contribution in [0.2, 0.25) is 0 Å². The monoisotopic (exact) mass is 388 g/mol. The number of halogens is 1. The van der Waals surface area contributed by atoms with Gasteiger partial charge in [0.1, 0.15) is 11.9 Å². The average Bonchev–Trinajstić information content (AvgIpc) is 2.93. The third kappa shape index (κ3) is 3.81. The highest BCUT2D eigenvalue weighted by molar-refractivity contribution is 6.08. The number of hydrogen-bond donors (Lipinski definition) is 1. The van der Waals surface area contributed by atoms with Gasteiger partial charge in [0.25, 0.3) is 5.91 Å². The lowest BCUT2D eigenvalue weighted by Crippen LogP contribution is -2.45. The number of carbonyl (C=O) groups is 4. The van der Waals surface area contributed by atoms with E-state index in [1.807, 2.05) is 12.2 Å². The quantitative estimate of drug-likeness (QED) is 0.473. The summed E-state index contributed by atoms with van der Waals surface area (Å²) >= 11 is 0. The van der Waals surface area contributed by atoms with Crippen LogP contribution in [-0.4, -0.2) is 41.2 Å². The molecular formula is C20H21FN2O5. The zero-order valence-electron chi connectivity index (χ0n) is 15.6. The lowest BCUT2D eigenvalue weighted by molar-refractivity contribution is -0.159. The lowest BCUT2D eigenvalue weighted by atomic mass is 9.85. The van der Waals surface area contributed by atoms with Gasteiger partial charge in [0.2, 0.25) is 11.8 Å². The molecule has 148 valence electrons. The summed E-state index contributed by atoms with van der Waals surface area (Å²) in [6, 6.07) is 3.08. The van der Waals surface area contributed by atoms with Crippen molar-refractivity contribution in [3.05, 3.63) is 41.7 Å². The number of allylic oxidation sites excluding steroid dienone is 2. The molecule has 1 saturated heterocycles. The van der Waals surface area contributed by atoms with Gasteiger partial charge in [-0.2, -0.15) is 0 Å². The van der Waals surface area contributed by atoms with Gasteiger partial charge in [-0.05, 0) is 44.4 Å². The van der Waals surface area contributed by atoms with Gasteiger partial charge in [0.15, 0.2) is 6.61 Å². The van der Waals surface area contributed by atoms with Gasteiger partial charge in [-0.15, -0.1) is 0 Å². The van der Waals surface area contributed by atoms with Crippen molar-refractivity contribution in [2.45, 2.75) is 32.7 Å². The van der Waals surface area contributed by atoms with E-state index in [2.05, 4.69) is 5.32 Å². The van der Waals surface area contributed by atoms with Crippen LogP contribution in [0.4, 0.5) is 10.1 Å². The maximum atomic E-state index is 13.5. The number of anilines is 1. The second-order valence-electron chi connectivity index (χ2n) is 7.00. The number of nitrogens with zero attached hydrogens (tertiary/aromatic N) is 1. The van der Waals surface area contributed by atoms with Crippen LogP contribution in [0.3, 0.4) is 0 Å². The SMILES string of the molecule is Cc1ccc(NC(=O)COC(=O)[C@H](C)N2C(=O)[C@H]3CC=CC[C@H]3C2=O)cc1F. The third-order valence-electron chi connectivity index (χ3n) is 5.07. The number of ether oxygens (including phenoxy) is 1. The minimum absolute atomic E-state index is 0.235. The van der Waals surface area contributed by atoms with Crippen molar-refractivity contribution in [3.63, 3.8) is 0 Å². The number of amides is 3. The standard InChI is InChI=1S/C20H21FN2O5/c1-11-7-8-13(9-16(11)21)22-17(24)10-28-20(27)12(2)23-18(25)14-5-3-4-6-15(14)19(23)26/h3-4,7-9,12,14-15H,5-6,10H2,1-2H3,(H,22,24)/t12-,14-,15+/m0/s1. The third-order valence-corrected chi connectivity index (χ3v) is 5.07. The van der Waals surface area contributed by atoms with E-state index in [0.29, 0.717) is 18.4 Å². The summed E-state index contributed by atoms with van der Waals surface area (Å²) in [7, 11) is 0. The molecule has 1 aromatic rings. The fourth-order valence-electron chi connectivity index (χ4n) is 3.44. The molecule has 2 aliphatic rings. The Balaban J connectivity index is 1.55. The Morgan fingerprint density at radius 3 is 2.39 bits per heavy atom. The molecule has 0 radical (unpaired) electrons. The van der Waals surface area contributed by atoms with Gasteiger partial charge in [0.05, 0.1) is 11.8 Å². The number of fused-ring (bicyclic) bond motifs is 1. The van der Waals surface area contributed by atoms with Crippen molar-refractivity contribution in [2.24, 2.45) is 11.8 Å². The van der Waals surface area contributed by atoms with Crippen LogP contribution in [0.5, 0.6) is 0 Å². The number of benzene rings is 1. The van der Waals surface area contributed by atoms with Gasteiger partial charge in [0, 0.05) is 5.69 Å². The molecule has 3 amide bonds. The summed E-state index contributed by atoms with van der Waals surface area (Å²) in [6.07, 6.45) is 4.67. The number of nitrogens with one attached hydrogen (secondary N) is 1. The van der Waals surface area contributed by atoms with Crippen molar-refractivity contribution in [1.29, 1.82) is 0 Å².